The minimum Gasteiger partial charge on any atom is -0.206 e. The van der Waals surface area contributed by atoms with Crippen molar-refractivity contribution in [3.05, 3.63) is 65.0 Å². The molecule has 0 aliphatic carbocycles. The molecule has 0 N–H and O–H groups in total. The van der Waals surface area contributed by atoms with Crippen LogP contribution in [0.2, 0.25) is 0 Å². The molecule has 2 aromatic heterocycles. The Bertz CT molecular complexity index is 1090. The van der Waals surface area contributed by atoms with Crippen LogP contribution in [-0.2, 0) is 11.9 Å². The van der Waals surface area contributed by atoms with Crippen LogP contribution in [0.15, 0.2) is 53.6 Å². The summed E-state index contributed by atoms with van der Waals surface area (Å²) in [6.07, 6.45) is -3.31. The second-order valence-corrected chi connectivity index (χ2v) is 7.56. The summed E-state index contributed by atoms with van der Waals surface area (Å²) in [5.41, 5.74) is 1.42. The fraction of sp³-hybridized carbons (Fsp3) is 0.118. The van der Waals surface area contributed by atoms with Gasteiger partial charge in [-0.25, -0.2) is 9.07 Å². The molecule has 0 fully saturated rings. The Hall–Kier alpha value is -2.46. The van der Waals surface area contributed by atoms with Gasteiger partial charge in [-0.15, -0.1) is 22.0 Å². The molecule has 2 heterocycles. The molecular formula is C17H10F4N4S2. The molecule has 0 amide bonds. The van der Waals surface area contributed by atoms with E-state index in [0.29, 0.717) is 27.5 Å². The second-order valence-electron chi connectivity index (χ2n) is 5.56. The lowest BCUT2D eigenvalue weighted by molar-refractivity contribution is -0.138. The molecular weight excluding hydrogens is 400 g/mol. The van der Waals surface area contributed by atoms with E-state index in [9.17, 15) is 17.6 Å². The zero-order valence-corrected chi connectivity index (χ0v) is 15.1. The lowest BCUT2D eigenvalue weighted by atomic mass is 10.2. The maximum absolute atomic E-state index is 14.4. The first-order valence-corrected chi connectivity index (χ1v) is 9.47. The summed E-state index contributed by atoms with van der Waals surface area (Å²) >= 11 is 1.78. The summed E-state index contributed by atoms with van der Waals surface area (Å²) in [6.45, 7) is 0. The molecule has 4 aromatic rings. The van der Waals surface area contributed by atoms with Crippen LogP contribution in [0.1, 0.15) is 10.6 Å². The van der Waals surface area contributed by atoms with Crippen LogP contribution in [0.3, 0.4) is 0 Å². The number of halogens is 4. The maximum atomic E-state index is 14.4. The first-order valence-electron chi connectivity index (χ1n) is 7.67. The third kappa shape index (κ3) is 3.67. The van der Waals surface area contributed by atoms with E-state index in [4.69, 9.17) is 0 Å². The number of benzene rings is 2. The predicted molar refractivity (Wildman–Crippen MR) is 95.5 cm³/mol. The van der Waals surface area contributed by atoms with E-state index in [1.165, 1.54) is 28.7 Å². The van der Waals surface area contributed by atoms with Gasteiger partial charge in [0.05, 0.1) is 17.1 Å². The Morgan fingerprint density at radius 1 is 1.07 bits per heavy atom. The van der Waals surface area contributed by atoms with Crippen molar-refractivity contribution in [1.29, 1.82) is 0 Å². The fourth-order valence-electron chi connectivity index (χ4n) is 2.45. The highest BCUT2D eigenvalue weighted by Crippen LogP contribution is 2.34. The van der Waals surface area contributed by atoms with Gasteiger partial charge in [0.25, 0.3) is 0 Å². The third-order valence-corrected chi connectivity index (χ3v) is 5.69. The number of rotatable bonds is 4. The zero-order chi connectivity index (χ0) is 19.0. The van der Waals surface area contributed by atoms with Gasteiger partial charge in [-0.3, -0.25) is 0 Å². The van der Waals surface area contributed by atoms with Gasteiger partial charge in [-0.1, -0.05) is 41.7 Å². The van der Waals surface area contributed by atoms with E-state index >= 15 is 0 Å². The molecule has 0 unspecified atom stereocenters. The summed E-state index contributed by atoms with van der Waals surface area (Å²) in [5.74, 6) is 0.145. The quantitative estimate of drug-likeness (QED) is 0.337. The highest BCUT2D eigenvalue weighted by molar-refractivity contribution is 7.98. The largest absolute Gasteiger partial charge is 0.445 e. The Morgan fingerprint density at radius 3 is 2.56 bits per heavy atom. The Labute approximate surface area is 158 Å². The van der Waals surface area contributed by atoms with Crippen molar-refractivity contribution < 1.29 is 17.6 Å². The first kappa shape index (κ1) is 17.9. The van der Waals surface area contributed by atoms with Crippen LogP contribution in [0.4, 0.5) is 17.6 Å². The van der Waals surface area contributed by atoms with Crippen LogP contribution in [0.25, 0.3) is 16.0 Å². The highest BCUT2D eigenvalue weighted by Gasteiger charge is 2.36. The maximum Gasteiger partial charge on any atom is 0.445 e. The Kier molecular flexibility index (Phi) is 4.60. The van der Waals surface area contributed by atoms with Crippen molar-refractivity contribution in [2.24, 2.45) is 0 Å². The molecule has 0 radical (unpaired) electrons. The number of hydrogen-bond acceptors (Lipinski definition) is 5. The molecule has 0 atom stereocenters. The van der Waals surface area contributed by atoms with Crippen LogP contribution >= 0.6 is 23.1 Å². The number of hydrogen-bond donors (Lipinski definition) is 0. The second kappa shape index (κ2) is 6.93. The minimum absolute atomic E-state index is 0.0677. The van der Waals surface area contributed by atoms with Gasteiger partial charge >= 0.3 is 6.18 Å². The fourth-order valence-corrected chi connectivity index (χ4v) is 4.04. The van der Waals surface area contributed by atoms with Gasteiger partial charge < -0.3 is 0 Å². The number of thioether (sulfide) groups is 1. The van der Waals surface area contributed by atoms with E-state index in [1.54, 1.807) is 6.07 Å². The summed E-state index contributed by atoms with van der Waals surface area (Å²) in [7, 11) is 0. The third-order valence-electron chi connectivity index (χ3n) is 3.70. The van der Waals surface area contributed by atoms with Gasteiger partial charge in [0, 0.05) is 10.6 Å². The molecule has 0 aliphatic heterocycles. The van der Waals surface area contributed by atoms with Crippen molar-refractivity contribution in [3.63, 3.8) is 0 Å². The van der Waals surface area contributed by atoms with Crippen molar-refractivity contribution in [2.45, 2.75) is 16.8 Å². The van der Waals surface area contributed by atoms with Gasteiger partial charge in [0.2, 0.25) is 10.1 Å². The lowest BCUT2D eigenvalue weighted by Crippen LogP contribution is -2.03. The van der Waals surface area contributed by atoms with E-state index in [2.05, 4.69) is 15.3 Å². The number of aromatic nitrogens is 4. The lowest BCUT2D eigenvalue weighted by Gasteiger charge is -2.05. The SMILES string of the molecule is Fc1cc(SCc2ccccc2)cc2c1cnn2-c1nnc(C(F)(F)F)s1. The topological polar surface area (TPSA) is 43.6 Å². The Balaban J connectivity index is 1.69. The average Bonchev–Trinajstić information content (AvgIpc) is 3.27. The molecule has 138 valence electrons. The molecule has 0 saturated carbocycles. The van der Waals surface area contributed by atoms with Crippen LogP contribution < -0.4 is 0 Å². The highest BCUT2D eigenvalue weighted by atomic mass is 32.2. The van der Waals surface area contributed by atoms with Crippen molar-refractivity contribution >= 4 is 34.0 Å². The van der Waals surface area contributed by atoms with Crippen LogP contribution in [0, 0.1) is 5.82 Å². The van der Waals surface area contributed by atoms with Crippen molar-refractivity contribution in [2.75, 3.05) is 0 Å². The first-order chi connectivity index (χ1) is 12.9. The van der Waals surface area contributed by atoms with Gasteiger partial charge in [0.15, 0.2) is 0 Å². The predicted octanol–water partition coefficient (Wildman–Crippen LogP) is 5.33. The molecule has 4 nitrogen and oxygen atoms in total. The molecule has 4 rings (SSSR count). The van der Waals surface area contributed by atoms with E-state index in [1.807, 2.05) is 30.3 Å². The van der Waals surface area contributed by atoms with E-state index < -0.39 is 17.0 Å². The van der Waals surface area contributed by atoms with Crippen molar-refractivity contribution in [1.82, 2.24) is 20.0 Å². The van der Waals surface area contributed by atoms with Gasteiger partial charge in [-0.2, -0.15) is 18.3 Å². The number of fused-ring (bicyclic) bond motifs is 1. The summed E-state index contributed by atoms with van der Waals surface area (Å²) in [4.78, 5) is 0.645. The molecule has 0 saturated heterocycles. The normalized spacial score (nSPS) is 12.0. The molecule has 0 bridgehead atoms. The Morgan fingerprint density at radius 2 is 1.85 bits per heavy atom. The molecule has 2 aromatic carbocycles. The monoisotopic (exact) mass is 410 g/mol. The molecule has 0 spiro atoms. The van der Waals surface area contributed by atoms with Crippen LogP contribution in [-0.4, -0.2) is 20.0 Å². The summed E-state index contributed by atoms with van der Waals surface area (Å²) < 4.78 is 53.9. The smallest absolute Gasteiger partial charge is 0.206 e. The molecule has 27 heavy (non-hydrogen) atoms. The van der Waals surface area contributed by atoms with E-state index in [0.717, 1.165) is 5.56 Å². The van der Waals surface area contributed by atoms with Gasteiger partial charge in [0.1, 0.15) is 5.82 Å². The number of nitrogens with zero attached hydrogens (tertiary/aromatic N) is 4. The molecule has 0 aliphatic rings. The van der Waals surface area contributed by atoms with Gasteiger partial charge in [-0.05, 0) is 17.7 Å². The van der Waals surface area contributed by atoms with Crippen LogP contribution in [0.5, 0.6) is 0 Å². The van der Waals surface area contributed by atoms with E-state index in [-0.39, 0.29) is 10.5 Å². The van der Waals surface area contributed by atoms with Crippen molar-refractivity contribution in [3.8, 4) is 5.13 Å². The zero-order valence-electron chi connectivity index (χ0n) is 13.4. The standard InChI is InChI=1S/C17H10F4N4S2/c18-13-6-11(26-9-10-4-2-1-3-5-10)7-14-12(13)8-22-25(14)16-24-23-15(27-16)17(19,20)21/h1-8H,9H2. The summed E-state index contributed by atoms with van der Waals surface area (Å²) in [5, 5.41) is 9.76. The average molecular weight is 410 g/mol. The number of alkyl halides is 3. The minimum atomic E-state index is -4.58. The molecule has 10 heteroatoms. The summed E-state index contributed by atoms with van der Waals surface area (Å²) in [6, 6.07) is 12.8.